The van der Waals surface area contributed by atoms with Crippen molar-refractivity contribution < 1.29 is 27.5 Å². The van der Waals surface area contributed by atoms with Gasteiger partial charge in [0.25, 0.3) is 10.0 Å². The van der Waals surface area contributed by atoms with Crippen molar-refractivity contribution in [2.45, 2.75) is 11.8 Å². The first-order valence-electron chi connectivity index (χ1n) is 10.2. The van der Waals surface area contributed by atoms with Gasteiger partial charge >= 0.3 is 0 Å². The first-order chi connectivity index (χ1) is 16.2. The molecule has 0 heterocycles. The fourth-order valence-electron chi connectivity index (χ4n) is 3.14. The molecule has 3 rings (SSSR count). The molecule has 3 aromatic carbocycles. The van der Waals surface area contributed by atoms with E-state index in [0.717, 1.165) is 4.31 Å². The number of hydrogen-bond acceptors (Lipinski definition) is 6. The largest absolute Gasteiger partial charge is 0.497 e. The monoisotopic (exact) mass is 483 g/mol. The van der Waals surface area contributed by atoms with Gasteiger partial charge in [-0.1, -0.05) is 6.07 Å². The Kier molecular flexibility index (Phi) is 7.75. The Hall–Kier alpha value is -4.05. The molecule has 0 saturated carbocycles. The number of ether oxygens (including phenoxy) is 2. The maximum absolute atomic E-state index is 13.5. The number of carbonyl (C=O) groups is 2. The van der Waals surface area contributed by atoms with Gasteiger partial charge in [0.1, 0.15) is 18.0 Å². The third kappa shape index (κ3) is 6.04. The summed E-state index contributed by atoms with van der Waals surface area (Å²) in [7, 11) is -1.11. The van der Waals surface area contributed by atoms with Gasteiger partial charge in [0.15, 0.2) is 0 Å². The van der Waals surface area contributed by atoms with Crippen LogP contribution in [0.15, 0.2) is 77.7 Å². The highest BCUT2D eigenvalue weighted by molar-refractivity contribution is 7.92. The lowest BCUT2D eigenvalue weighted by atomic mass is 10.3. The van der Waals surface area contributed by atoms with Gasteiger partial charge in [0.2, 0.25) is 11.8 Å². The van der Waals surface area contributed by atoms with E-state index in [4.69, 9.17) is 9.47 Å². The Morgan fingerprint density at radius 3 is 2.06 bits per heavy atom. The van der Waals surface area contributed by atoms with Crippen molar-refractivity contribution in [3.8, 4) is 11.5 Å². The summed E-state index contributed by atoms with van der Waals surface area (Å²) in [5.74, 6) is 0.283. The van der Waals surface area contributed by atoms with Crippen LogP contribution >= 0.6 is 0 Å². The number of sulfonamides is 1. The highest BCUT2D eigenvalue weighted by Crippen LogP contribution is 2.27. The van der Waals surface area contributed by atoms with Crippen LogP contribution in [0.3, 0.4) is 0 Å². The molecule has 0 saturated heterocycles. The fourth-order valence-corrected chi connectivity index (χ4v) is 4.56. The van der Waals surface area contributed by atoms with E-state index >= 15 is 0 Å². The average Bonchev–Trinajstić information content (AvgIpc) is 2.82. The molecule has 0 aliphatic rings. The first-order valence-corrected chi connectivity index (χ1v) is 11.7. The average molecular weight is 484 g/mol. The molecule has 2 amide bonds. The van der Waals surface area contributed by atoms with Crippen LogP contribution in [0.2, 0.25) is 0 Å². The molecule has 2 N–H and O–H groups in total. The first kappa shape index (κ1) is 24.6. The van der Waals surface area contributed by atoms with Gasteiger partial charge in [-0.25, -0.2) is 8.42 Å². The SMILES string of the molecule is COc1ccc(N(CC(=O)Nc2cccc(OC)c2)S(=O)(=O)c2ccc(NC(C)=O)cc2)cc1. The highest BCUT2D eigenvalue weighted by Gasteiger charge is 2.27. The molecule has 9 nitrogen and oxygen atoms in total. The summed E-state index contributed by atoms with van der Waals surface area (Å²) in [6.07, 6.45) is 0. The molecule has 0 aromatic heterocycles. The molecule has 0 unspecified atom stereocenters. The second-order valence-corrected chi connectivity index (χ2v) is 9.06. The van der Waals surface area contributed by atoms with E-state index < -0.39 is 22.5 Å². The number of anilines is 3. The molecule has 0 aliphatic heterocycles. The molecule has 0 bridgehead atoms. The summed E-state index contributed by atoms with van der Waals surface area (Å²) in [5.41, 5.74) is 1.21. The molecule has 0 spiro atoms. The van der Waals surface area contributed by atoms with E-state index in [1.807, 2.05) is 0 Å². The molecule has 0 fully saturated rings. The zero-order valence-electron chi connectivity index (χ0n) is 18.9. The summed E-state index contributed by atoms with van der Waals surface area (Å²) in [6, 6.07) is 18.8. The molecule has 34 heavy (non-hydrogen) atoms. The third-order valence-corrected chi connectivity index (χ3v) is 6.55. The van der Waals surface area contributed by atoms with Crippen LogP contribution < -0.4 is 24.4 Å². The van der Waals surface area contributed by atoms with Crippen molar-refractivity contribution in [3.05, 3.63) is 72.8 Å². The number of carbonyl (C=O) groups excluding carboxylic acids is 2. The normalized spacial score (nSPS) is 10.8. The van der Waals surface area contributed by atoms with Gasteiger partial charge in [-0.3, -0.25) is 13.9 Å². The quantitative estimate of drug-likeness (QED) is 0.482. The van der Waals surface area contributed by atoms with Crippen LogP contribution in [0.25, 0.3) is 0 Å². The van der Waals surface area contributed by atoms with E-state index in [0.29, 0.717) is 22.9 Å². The van der Waals surface area contributed by atoms with Crippen molar-refractivity contribution in [2.24, 2.45) is 0 Å². The minimum absolute atomic E-state index is 0.0356. The van der Waals surface area contributed by atoms with Crippen LogP contribution in [0, 0.1) is 0 Å². The van der Waals surface area contributed by atoms with Crippen molar-refractivity contribution in [1.82, 2.24) is 0 Å². The van der Waals surface area contributed by atoms with E-state index in [-0.39, 0.29) is 16.5 Å². The Bertz CT molecular complexity index is 1260. The van der Waals surface area contributed by atoms with Gasteiger partial charge < -0.3 is 20.1 Å². The minimum Gasteiger partial charge on any atom is -0.497 e. The van der Waals surface area contributed by atoms with Gasteiger partial charge in [0, 0.05) is 24.4 Å². The van der Waals surface area contributed by atoms with Gasteiger partial charge in [-0.05, 0) is 60.7 Å². The highest BCUT2D eigenvalue weighted by atomic mass is 32.2. The maximum Gasteiger partial charge on any atom is 0.264 e. The third-order valence-electron chi connectivity index (χ3n) is 4.76. The molecular weight excluding hydrogens is 458 g/mol. The van der Waals surface area contributed by atoms with Crippen LogP contribution in [0.4, 0.5) is 17.1 Å². The molecule has 0 aliphatic carbocycles. The molecule has 10 heteroatoms. The number of rotatable bonds is 9. The van der Waals surface area contributed by atoms with Gasteiger partial charge in [0.05, 0.1) is 24.8 Å². The summed E-state index contributed by atoms with van der Waals surface area (Å²) in [4.78, 5) is 24.1. The number of benzene rings is 3. The minimum atomic E-state index is -4.12. The standard InChI is InChI=1S/C24H25N3O6S/c1-17(28)25-18-7-13-23(14-8-18)34(30,31)27(20-9-11-21(32-2)12-10-20)16-24(29)26-19-5-4-6-22(15-19)33-3/h4-15H,16H2,1-3H3,(H,25,28)(H,26,29). The van der Waals surface area contributed by atoms with Crippen LogP contribution in [0.1, 0.15) is 6.92 Å². The summed E-state index contributed by atoms with van der Waals surface area (Å²) < 4.78 is 38.4. The second-order valence-electron chi connectivity index (χ2n) is 7.20. The Balaban J connectivity index is 1.92. The van der Waals surface area contributed by atoms with E-state index in [9.17, 15) is 18.0 Å². The van der Waals surface area contributed by atoms with Crippen molar-refractivity contribution in [2.75, 3.05) is 35.7 Å². The van der Waals surface area contributed by atoms with Crippen molar-refractivity contribution >= 4 is 38.9 Å². The smallest absolute Gasteiger partial charge is 0.264 e. The summed E-state index contributed by atoms with van der Waals surface area (Å²) >= 11 is 0. The van der Waals surface area contributed by atoms with E-state index in [1.54, 1.807) is 48.5 Å². The predicted octanol–water partition coefficient (Wildman–Crippen LogP) is 3.50. The van der Waals surface area contributed by atoms with E-state index in [2.05, 4.69) is 10.6 Å². The van der Waals surface area contributed by atoms with Crippen molar-refractivity contribution in [1.29, 1.82) is 0 Å². The lowest BCUT2D eigenvalue weighted by molar-refractivity contribution is -0.115. The summed E-state index contributed by atoms with van der Waals surface area (Å²) in [6.45, 7) is 0.885. The molecule has 0 atom stereocenters. The van der Waals surface area contributed by atoms with Crippen LogP contribution in [0.5, 0.6) is 11.5 Å². The number of nitrogens with zero attached hydrogens (tertiary/aromatic N) is 1. The van der Waals surface area contributed by atoms with Gasteiger partial charge in [-0.15, -0.1) is 0 Å². The zero-order valence-corrected chi connectivity index (χ0v) is 19.8. The Morgan fingerprint density at radius 2 is 1.47 bits per heavy atom. The fraction of sp³-hybridized carbons (Fsp3) is 0.167. The lowest BCUT2D eigenvalue weighted by Crippen LogP contribution is -2.38. The molecule has 0 radical (unpaired) electrons. The van der Waals surface area contributed by atoms with E-state index in [1.165, 1.54) is 45.4 Å². The molecule has 3 aromatic rings. The number of hydrogen-bond donors (Lipinski definition) is 2. The second kappa shape index (κ2) is 10.7. The topological polar surface area (TPSA) is 114 Å². The molecular formula is C24H25N3O6S. The Morgan fingerprint density at radius 1 is 0.824 bits per heavy atom. The van der Waals surface area contributed by atoms with Crippen molar-refractivity contribution in [3.63, 3.8) is 0 Å². The number of methoxy groups -OCH3 is 2. The number of nitrogens with one attached hydrogen (secondary N) is 2. The zero-order chi connectivity index (χ0) is 24.7. The Labute approximate surface area is 198 Å². The van der Waals surface area contributed by atoms with Crippen LogP contribution in [-0.2, 0) is 19.6 Å². The predicted molar refractivity (Wildman–Crippen MR) is 130 cm³/mol. The maximum atomic E-state index is 13.5. The van der Waals surface area contributed by atoms with Gasteiger partial charge in [-0.2, -0.15) is 0 Å². The molecule has 178 valence electrons. The lowest BCUT2D eigenvalue weighted by Gasteiger charge is -2.24. The van der Waals surface area contributed by atoms with Crippen LogP contribution in [-0.4, -0.2) is 41.0 Å². The summed E-state index contributed by atoms with van der Waals surface area (Å²) in [5, 5.41) is 5.29. The number of amides is 2.